The quantitative estimate of drug-likeness (QED) is 0.139. The number of para-hydroxylation sites is 2. The summed E-state index contributed by atoms with van der Waals surface area (Å²) in [5.41, 5.74) is 15.6. The first kappa shape index (κ1) is 36.8. The number of aromatic nitrogens is 1. The Morgan fingerprint density at radius 3 is 1.97 bits per heavy atom. The summed E-state index contributed by atoms with van der Waals surface area (Å²) in [6, 6.07) is 67.0. The lowest BCUT2D eigenvalue weighted by atomic mass is 9.81. The van der Waals surface area contributed by atoms with Gasteiger partial charge in [0.2, 0.25) is 0 Å². The van der Waals surface area contributed by atoms with Gasteiger partial charge in [0, 0.05) is 59.1 Å². The van der Waals surface area contributed by atoms with E-state index >= 15 is 0 Å². The first-order chi connectivity index (χ1) is 30.0. The molecule has 292 valence electrons. The first-order valence-electron chi connectivity index (χ1n) is 21.1. The molecule has 10 aromatic rings. The molecular formula is C58H44N2S. The van der Waals surface area contributed by atoms with E-state index in [2.05, 4.69) is 243 Å². The third-order valence-corrected chi connectivity index (χ3v) is 13.8. The summed E-state index contributed by atoms with van der Waals surface area (Å²) in [4.78, 5) is 2.41. The normalized spacial score (nSPS) is 13.6. The molecule has 2 heterocycles. The number of rotatable bonds is 8. The second-order valence-corrected chi connectivity index (χ2v) is 17.6. The van der Waals surface area contributed by atoms with Crippen LogP contribution < -0.4 is 4.90 Å². The minimum Gasteiger partial charge on any atom is -0.310 e. The topological polar surface area (TPSA) is 8.17 Å². The van der Waals surface area contributed by atoms with Gasteiger partial charge in [0.05, 0.1) is 11.0 Å². The standard InChI is InChI=1S/C58H44N2S/c1-4-5-7-15-43-36-42-28-34-47(38-53(42)58(43,2)3)59(46-32-26-40(27-33-46)48-20-14-21-51-50-19-11-13-23-56(50)61-57(48)51)45-30-24-39(25-31-45)41-29-35-55-52(37-41)49-18-10-12-22-54(49)60(55)44-16-8-6-9-17-44/h4-38H,1-3H3/b5-4-,15-7-. The van der Waals surface area contributed by atoms with Crippen molar-refractivity contribution in [2.24, 2.45) is 0 Å². The lowest BCUT2D eigenvalue weighted by Crippen LogP contribution is -2.17. The van der Waals surface area contributed by atoms with Crippen molar-refractivity contribution in [3.05, 3.63) is 223 Å². The largest absolute Gasteiger partial charge is 0.310 e. The van der Waals surface area contributed by atoms with Crippen molar-refractivity contribution >= 4 is 76.5 Å². The molecule has 11 rings (SSSR count). The van der Waals surface area contributed by atoms with Crippen LogP contribution >= 0.6 is 11.3 Å². The Labute approximate surface area is 361 Å². The Kier molecular flexibility index (Phi) is 8.95. The number of hydrogen-bond acceptors (Lipinski definition) is 2. The number of thiophene rings is 1. The van der Waals surface area contributed by atoms with Gasteiger partial charge in [-0.15, -0.1) is 11.3 Å². The Morgan fingerprint density at radius 2 is 1.18 bits per heavy atom. The van der Waals surface area contributed by atoms with Crippen LogP contribution in [0.4, 0.5) is 17.1 Å². The second kappa shape index (κ2) is 14.8. The molecule has 2 aromatic heterocycles. The summed E-state index contributed by atoms with van der Waals surface area (Å²) in [7, 11) is 0. The van der Waals surface area contributed by atoms with E-state index in [-0.39, 0.29) is 5.41 Å². The monoisotopic (exact) mass is 800 g/mol. The average Bonchev–Trinajstić information content (AvgIpc) is 3.94. The predicted molar refractivity (Wildman–Crippen MR) is 264 cm³/mol. The highest BCUT2D eigenvalue weighted by Crippen LogP contribution is 2.47. The molecule has 0 bridgehead atoms. The van der Waals surface area contributed by atoms with Gasteiger partial charge in [0.25, 0.3) is 0 Å². The van der Waals surface area contributed by atoms with Crippen LogP contribution in [0.3, 0.4) is 0 Å². The van der Waals surface area contributed by atoms with Crippen LogP contribution in [0.2, 0.25) is 0 Å². The number of anilines is 3. The van der Waals surface area contributed by atoms with Gasteiger partial charge in [-0.2, -0.15) is 0 Å². The van der Waals surface area contributed by atoms with Crippen molar-refractivity contribution in [3.8, 4) is 27.9 Å². The van der Waals surface area contributed by atoms with Gasteiger partial charge in [0.1, 0.15) is 0 Å². The highest BCUT2D eigenvalue weighted by Gasteiger charge is 2.32. The molecule has 61 heavy (non-hydrogen) atoms. The molecule has 0 aliphatic heterocycles. The maximum atomic E-state index is 2.41. The lowest BCUT2D eigenvalue weighted by Gasteiger charge is -2.29. The fourth-order valence-electron chi connectivity index (χ4n) is 9.40. The molecule has 0 fully saturated rings. The Morgan fingerprint density at radius 1 is 0.525 bits per heavy atom. The van der Waals surface area contributed by atoms with Crippen LogP contribution in [-0.2, 0) is 5.41 Å². The molecule has 0 saturated heterocycles. The molecule has 0 unspecified atom stereocenters. The van der Waals surface area contributed by atoms with Gasteiger partial charge < -0.3 is 9.47 Å². The van der Waals surface area contributed by atoms with Crippen LogP contribution in [0, 0.1) is 0 Å². The zero-order valence-electron chi connectivity index (χ0n) is 34.5. The molecule has 0 radical (unpaired) electrons. The fourth-order valence-corrected chi connectivity index (χ4v) is 10.6. The van der Waals surface area contributed by atoms with Crippen molar-refractivity contribution in [3.63, 3.8) is 0 Å². The molecule has 3 heteroatoms. The number of fused-ring (bicyclic) bond motifs is 7. The van der Waals surface area contributed by atoms with E-state index in [4.69, 9.17) is 0 Å². The molecule has 2 nitrogen and oxygen atoms in total. The number of hydrogen-bond donors (Lipinski definition) is 0. The lowest BCUT2D eigenvalue weighted by molar-refractivity contribution is 0.655. The smallest absolute Gasteiger partial charge is 0.0541 e. The van der Waals surface area contributed by atoms with Crippen molar-refractivity contribution in [1.29, 1.82) is 0 Å². The van der Waals surface area contributed by atoms with Crippen molar-refractivity contribution in [1.82, 2.24) is 4.57 Å². The molecule has 1 aliphatic rings. The molecule has 0 saturated carbocycles. The molecule has 8 aromatic carbocycles. The van der Waals surface area contributed by atoms with E-state index in [0.29, 0.717) is 0 Å². The van der Waals surface area contributed by atoms with E-state index in [9.17, 15) is 0 Å². The van der Waals surface area contributed by atoms with Crippen molar-refractivity contribution in [2.45, 2.75) is 26.2 Å². The van der Waals surface area contributed by atoms with Crippen LogP contribution in [-0.4, -0.2) is 4.57 Å². The number of nitrogens with zero attached hydrogens (tertiary/aromatic N) is 2. The van der Waals surface area contributed by atoms with E-state index in [1.165, 1.54) is 86.6 Å². The first-order valence-corrected chi connectivity index (χ1v) is 21.9. The zero-order chi connectivity index (χ0) is 41.1. The minimum absolute atomic E-state index is 0.131. The molecule has 0 atom stereocenters. The summed E-state index contributed by atoms with van der Waals surface area (Å²) in [5.74, 6) is 0. The van der Waals surface area contributed by atoms with Gasteiger partial charge in [0.15, 0.2) is 0 Å². The van der Waals surface area contributed by atoms with Crippen LogP contribution in [0.5, 0.6) is 0 Å². The van der Waals surface area contributed by atoms with Crippen molar-refractivity contribution in [2.75, 3.05) is 4.90 Å². The third-order valence-electron chi connectivity index (χ3n) is 12.6. The summed E-state index contributed by atoms with van der Waals surface area (Å²) < 4.78 is 5.03. The molecule has 1 aliphatic carbocycles. The minimum atomic E-state index is -0.131. The Balaban J connectivity index is 0.998. The maximum absolute atomic E-state index is 2.41. The molecular weight excluding hydrogens is 757 g/mol. The van der Waals surface area contributed by atoms with E-state index in [1.54, 1.807) is 0 Å². The SMILES string of the molecule is C/C=C\C=C/C1=Cc2ccc(N(c3ccc(-c4ccc5c(c4)c4ccccc4n5-c4ccccc4)cc3)c3ccc(-c4cccc5c4sc4ccccc45)cc3)cc2C1(C)C. The fraction of sp³-hybridized carbons (Fsp3) is 0.0690. The summed E-state index contributed by atoms with van der Waals surface area (Å²) in [5, 5.41) is 5.15. The zero-order valence-corrected chi connectivity index (χ0v) is 35.3. The van der Waals surface area contributed by atoms with Gasteiger partial charge in [-0.25, -0.2) is 0 Å². The van der Waals surface area contributed by atoms with E-state index < -0.39 is 0 Å². The molecule has 0 N–H and O–H groups in total. The number of benzene rings is 8. The second-order valence-electron chi connectivity index (χ2n) is 16.5. The summed E-state index contributed by atoms with van der Waals surface area (Å²) in [6.45, 7) is 6.73. The van der Waals surface area contributed by atoms with Crippen molar-refractivity contribution < 1.29 is 0 Å². The highest BCUT2D eigenvalue weighted by atomic mass is 32.1. The van der Waals surface area contributed by atoms with Gasteiger partial charge in [-0.3, -0.25) is 0 Å². The Hall–Kier alpha value is -7.20. The average molecular weight is 801 g/mol. The number of allylic oxidation sites excluding steroid dienone is 5. The Bertz CT molecular complexity index is 3370. The van der Waals surface area contributed by atoms with Crippen LogP contribution in [0.25, 0.3) is 76.0 Å². The van der Waals surface area contributed by atoms with Gasteiger partial charge in [-0.05, 0) is 119 Å². The van der Waals surface area contributed by atoms with E-state index in [0.717, 1.165) is 17.1 Å². The maximum Gasteiger partial charge on any atom is 0.0541 e. The van der Waals surface area contributed by atoms with Crippen LogP contribution in [0.1, 0.15) is 31.9 Å². The summed E-state index contributed by atoms with van der Waals surface area (Å²) in [6.07, 6.45) is 10.9. The third kappa shape index (κ3) is 6.24. The van der Waals surface area contributed by atoms with Crippen LogP contribution in [0.15, 0.2) is 212 Å². The predicted octanol–water partition coefficient (Wildman–Crippen LogP) is 16.8. The summed E-state index contributed by atoms with van der Waals surface area (Å²) >= 11 is 1.88. The molecule has 0 amide bonds. The highest BCUT2D eigenvalue weighted by molar-refractivity contribution is 7.26. The van der Waals surface area contributed by atoms with E-state index in [1.807, 2.05) is 11.3 Å². The van der Waals surface area contributed by atoms with Gasteiger partial charge in [-0.1, -0.05) is 153 Å². The van der Waals surface area contributed by atoms with Gasteiger partial charge >= 0.3 is 0 Å². The molecule has 0 spiro atoms.